The quantitative estimate of drug-likeness (QED) is 0.627. The van der Waals surface area contributed by atoms with Crippen LogP contribution in [0.1, 0.15) is 35.1 Å². The molecule has 8 nitrogen and oxygen atoms in total. The molecule has 0 bridgehead atoms. The molecule has 0 saturated carbocycles. The Hall–Kier alpha value is -3.81. The third-order valence-electron chi connectivity index (χ3n) is 5.83. The van der Waals surface area contributed by atoms with Gasteiger partial charge in [0.05, 0.1) is 0 Å². The van der Waals surface area contributed by atoms with Crippen molar-refractivity contribution in [1.29, 1.82) is 0 Å². The average molecular weight is 445 g/mol. The van der Waals surface area contributed by atoms with E-state index in [0.29, 0.717) is 31.7 Å². The number of amides is 2. The smallest absolute Gasteiger partial charge is 0.273 e. The Labute approximate surface area is 193 Å². The molecule has 3 heterocycles. The summed E-state index contributed by atoms with van der Waals surface area (Å²) >= 11 is 0. The summed E-state index contributed by atoms with van der Waals surface area (Å²) in [6.45, 7) is 5.41. The van der Waals surface area contributed by atoms with Crippen LogP contribution in [0.15, 0.2) is 54.9 Å². The van der Waals surface area contributed by atoms with Crippen molar-refractivity contribution in [2.24, 2.45) is 0 Å². The Morgan fingerprint density at radius 2 is 1.97 bits per heavy atom. The first kappa shape index (κ1) is 22.4. The van der Waals surface area contributed by atoms with Crippen LogP contribution >= 0.6 is 0 Å². The van der Waals surface area contributed by atoms with E-state index in [-0.39, 0.29) is 23.5 Å². The van der Waals surface area contributed by atoms with Gasteiger partial charge in [0.25, 0.3) is 5.91 Å². The molecule has 1 aliphatic rings. The molecule has 1 saturated heterocycles. The number of anilines is 1. The molecule has 0 spiro atoms. The van der Waals surface area contributed by atoms with Crippen LogP contribution in [-0.2, 0) is 11.2 Å². The Bertz CT molecular complexity index is 1130. The van der Waals surface area contributed by atoms with E-state index in [9.17, 15) is 9.59 Å². The zero-order valence-corrected chi connectivity index (χ0v) is 18.9. The molecule has 170 valence electrons. The second-order valence-electron chi connectivity index (χ2n) is 8.20. The topological polar surface area (TPSA) is 105 Å². The zero-order chi connectivity index (χ0) is 23.4. The lowest BCUT2D eigenvalue weighted by Crippen LogP contribution is -2.59. The van der Waals surface area contributed by atoms with Gasteiger partial charge in [0, 0.05) is 49.7 Å². The first-order valence-corrected chi connectivity index (χ1v) is 11.2. The third kappa shape index (κ3) is 4.84. The van der Waals surface area contributed by atoms with Crippen LogP contribution in [0.2, 0.25) is 0 Å². The highest BCUT2D eigenvalue weighted by molar-refractivity contribution is 5.97. The molecule has 1 aromatic carbocycles. The van der Waals surface area contributed by atoms with Gasteiger partial charge in [0.15, 0.2) is 0 Å². The lowest BCUT2D eigenvalue weighted by atomic mass is 9.93. The number of aryl methyl sites for hydroxylation is 1. The highest BCUT2D eigenvalue weighted by Gasteiger charge is 2.38. The number of pyridine rings is 1. The summed E-state index contributed by atoms with van der Waals surface area (Å²) in [7, 11) is 0. The van der Waals surface area contributed by atoms with E-state index in [0.717, 1.165) is 23.1 Å². The number of hydrogen-bond donors (Lipinski definition) is 1. The molecule has 1 aliphatic heterocycles. The highest BCUT2D eigenvalue weighted by atomic mass is 16.2. The van der Waals surface area contributed by atoms with Crippen LogP contribution in [0.25, 0.3) is 11.1 Å². The van der Waals surface area contributed by atoms with Crippen LogP contribution in [0.3, 0.4) is 0 Å². The molecule has 4 rings (SSSR count). The fourth-order valence-electron chi connectivity index (χ4n) is 4.33. The third-order valence-corrected chi connectivity index (χ3v) is 5.83. The Balaban J connectivity index is 1.70. The summed E-state index contributed by atoms with van der Waals surface area (Å²) in [4.78, 5) is 42.9. The van der Waals surface area contributed by atoms with Gasteiger partial charge in [-0.2, -0.15) is 0 Å². The van der Waals surface area contributed by atoms with Crippen LogP contribution in [0.4, 0.5) is 5.95 Å². The molecule has 33 heavy (non-hydrogen) atoms. The average Bonchev–Trinajstić information content (AvgIpc) is 2.82. The van der Waals surface area contributed by atoms with E-state index >= 15 is 0 Å². The van der Waals surface area contributed by atoms with Crippen LogP contribution in [0, 0.1) is 6.92 Å². The second-order valence-corrected chi connectivity index (χ2v) is 8.20. The SMILES string of the molecule is CCCN1CCN(C(=O)c2cc(C)nc(N)n2)[C@H](Cc2ccccc2-c2cccnc2)C1=O. The van der Waals surface area contributed by atoms with Gasteiger partial charge in [-0.3, -0.25) is 14.6 Å². The summed E-state index contributed by atoms with van der Waals surface area (Å²) in [5, 5.41) is 0. The fraction of sp³-hybridized carbons (Fsp3) is 0.320. The van der Waals surface area contributed by atoms with Gasteiger partial charge < -0.3 is 15.5 Å². The minimum atomic E-state index is -0.632. The maximum atomic E-state index is 13.5. The van der Waals surface area contributed by atoms with E-state index in [2.05, 4.69) is 15.0 Å². The van der Waals surface area contributed by atoms with E-state index in [1.165, 1.54) is 0 Å². The number of nitrogen functional groups attached to an aromatic ring is 1. The lowest BCUT2D eigenvalue weighted by Gasteiger charge is -2.40. The standard InChI is InChI=1S/C25H28N6O2/c1-3-11-30-12-13-31(23(32)21-14-17(2)28-25(26)29-21)22(24(30)33)15-18-7-4-5-9-20(18)19-8-6-10-27-16-19/h4-10,14,16,22H,3,11-13,15H2,1-2H3,(H2,26,28,29)/t22-/m1/s1. The number of piperazine rings is 1. The summed E-state index contributed by atoms with van der Waals surface area (Å²) in [6, 6.07) is 12.8. The molecular weight excluding hydrogens is 416 g/mol. The van der Waals surface area contributed by atoms with Crippen molar-refractivity contribution < 1.29 is 9.59 Å². The number of benzene rings is 1. The number of nitrogens with zero attached hydrogens (tertiary/aromatic N) is 5. The summed E-state index contributed by atoms with van der Waals surface area (Å²) in [5.74, 6) is -0.301. The molecule has 2 N–H and O–H groups in total. The van der Waals surface area contributed by atoms with Gasteiger partial charge in [0.1, 0.15) is 11.7 Å². The van der Waals surface area contributed by atoms with E-state index in [4.69, 9.17) is 5.73 Å². The predicted octanol–water partition coefficient (Wildman–Crippen LogP) is 2.73. The molecule has 1 atom stereocenters. The number of carbonyl (C=O) groups excluding carboxylic acids is 2. The number of rotatable bonds is 6. The van der Waals surface area contributed by atoms with E-state index in [1.807, 2.05) is 48.2 Å². The second kappa shape index (κ2) is 9.77. The van der Waals surface area contributed by atoms with Gasteiger partial charge in [-0.1, -0.05) is 37.3 Å². The Morgan fingerprint density at radius 3 is 2.70 bits per heavy atom. The number of hydrogen-bond acceptors (Lipinski definition) is 6. The highest BCUT2D eigenvalue weighted by Crippen LogP contribution is 2.27. The zero-order valence-electron chi connectivity index (χ0n) is 18.9. The monoisotopic (exact) mass is 444 g/mol. The summed E-state index contributed by atoms with van der Waals surface area (Å²) in [6.07, 6.45) is 4.80. The molecule has 0 unspecified atom stereocenters. The van der Waals surface area contributed by atoms with Crippen molar-refractivity contribution in [3.63, 3.8) is 0 Å². The molecule has 0 radical (unpaired) electrons. The van der Waals surface area contributed by atoms with Crippen molar-refractivity contribution in [2.45, 2.75) is 32.7 Å². The summed E-state index contributed by atoms with van der Waals surface area (Å²) < 4.78 is 0. The number of carbonyl (C=O) groups is 2. The van der Waals surface area contributed by atoms with Gasteiger partial charge >= 0.3 is 0 Å². The molecule has 8 heteroatoms. The first-order valence-electron chi connectivity index (χ1n) is 11.2. The maximum Gasteiger partial charge on any atom is 0.273 e. The van der Waals surface area contributed by atoms with E-state index in [1.54, 1.807) is 30.3 Å². The predicted molar refractivity (Wildman–Crippen MR) is 126 cm³/mol. The lowest BCUT2D eigenvalue weighted by molar-refractivity contribution is -0.140. The summed E-state index contributed by atoms with van der Waals surface area (Å²) in [5.41, 5.74) is 9.56. The van der Waals surface area contributed by atoms with Crippen molar-refractivity contribution in [3.05, 3.63) is 71.8 Å². The molecule has 2 aromatic heterocycles. The number of aromatic nitrogens is 3. The normalized spacial score (nSPS) is 16.2. The van der Waals surface area contributed by atoms with Crippen LogP contribution < -0.4 is 5.73 Å². The minimum absolute atomic E-state index is 0.0452. The molecule has 0 aliphatic carbocycles. The van der Waals surface area contributed by atoms with Crippen LogP contribution in [0.5, 0.6) is 0 Å². The van der Waals surface area contributed by atoms with Crippen molar-refractivity contribution >= 4 is 17.8 Å². The molecular formula is C25H28N6O2. The number of nitrogens with two attached hydrogens (primary N) is 1. The van der Waals surface area contributed by atoms with Crippen LogP contribution in [-0.4, -0.2) is 62.2 Å². The van der Waals surface area contributed by atoms with Gasteiger partial charge in [-0.15, -0.1) is 0 Å². The van der Waals surface area contributed by atoms with Crippen molar-refractivity contribution in [3.8, 4) is 11.1 Å². The van der Waals surface area contributed by atoms with Gasteiger partial charge in [0.2, 0.25) is 11.9 Å². The Morgan fingerprint density at radius 1 is 1.15 bits per heavy atom. The minimum Gasteiger partial charge on any atom is -0.368 e. The van der Waals surface area contributed by atoms with Gasteiger partial charge in [-0.05, 0) is 36.6 Å². The van der Waals surface area contributed by atoms with Crippen molar-refractivity contribution in [2.75, 3.05) is 25.4 Å². The largest absolute Gasteiger partial charge is 0.368 e. The molecule has 1 fully saturated rings. The Kier molecular flexibility index (Phi) is 6.63. The van der Waals surface area contributed by atoms with Gasteiger partial charge in [-0.25, -0.2) is 9.97 Å². The van der Waals surface area contributed by atoms with Crippen molar-refractivity contribution in [1.82, 2.24) is 24.8 Å². The molecule has 2 amide bonds. The first-order chi connectivity index (χ1) is 16.0. The fourth-order valence-corrected chi connectivity index (χ4v) is 4.33. The van der Waals surface area contributed by atoms with E-state index < -0.39 is 6.04 Å². The maximum absolute atomic E-state index is 13.5. The molecule has 3 aromatic rings.